The first-order chi connectivity index (χ1) is 17.5. The third-order valence-electron chi connectivity index (χ3n) is 7.47. The van der Waals surface area contributed by atoms with Crippen molar-refractivity contribution in [2.45, 2.75) is 37.7 Å². The van der Waals surface area contributed by atoms with Crippen molar-refractivity contribution in [1.82, 2.24) is 19.9 Å². The fourth-order valence-corrected chi connectivity index (χ4v) is 5.75. The van der Waals surface area contributed by atoms with E-state index in [4.69, 9.17) is 27.9 Å². The predicted octanol–water partition coefficient (Wildman–Crippen LogP) is 4.78. The quantitative estimate of drug-likeness (QED) is 0.503. The summed E-state index contributed by atoms with van der Waals surface area (Å²) < 4.78 is 6.23. The van der Waals surface area contributed by atoms with Gasteiger partial charge in [-0.3, -0.25) is 4.79 Å². The Morgan fingerprint density at radius 1 is 1.14 bits per heavy atom. The van der Waals surface area contributed by atoms with Gasteiger partial charge in [0, 0.05) is 68.6 Å². The van der Waals surface area contributed by atoms with Crippen molar-refractivity contribution in [1.29, 1.82) is 0 Å². The zero-order valence-corrected chi connectivity index (χ0v) is 21.9. The monoisotopic (exact) mass is 527 g/mol. The lowest BCUT2D eigenvalue weighted by Crippen LogP contribution is -2.42. The number of ether oxygens (including phenoxy) is 1. The first-order valence-electron chi connectivity index (χ1n) is 12.6. The van der Waals surface area contributed by atoms with E-state index in [2.05, 4.69) is 38.9 Å². The summed E-state index contributed by atoms with van der Waals surface area (Å²) in [6.45, 7) is 4.99. The molecule has 0 bridgehead atoms. The van der Waals surface area contributed by atoms with Crippen molar-refractivity contribution < 1.29 is 9.53 Å². The van der Waals surface area contributed by atoms with E-state index in [0.717, 1.165) is 38.3 Å². The number of alkyl halides is 1. The number of rotatable bonds is 6. The summed E-state index contributed by atoms with van der Waals surface area (Å²) in [7, 11) is 0. The Labute approximate surface area is 222 Å². The third kappa shape index (κ3) is 5.68. The van der Waals surface area contributed by atoms with Crippen molar-refractivity contribution in [3.05, 3.63) is 65.6 Å². The highest BCUT2D eigenvalue weighted by Gasteiger charge is 2.42. The Kier molecular flexibility index (Phi) is 7.77. The average Bonchev–Trinajstić information content (AvgIpc) is 3.36. The Morgan fingerprint density at radius 3 is 2.58 bits per heavy atom. The van der Waals surface area contributed by atoms with Crippen LogP contribution < -0.4 is 9.64 Å². The molecule has 0 radical (unpaired) electrons. The molecule has 190 valence electrons. The minimum atomic E-state index is -0.124. The molecule has 0 spiro atoms. The van der Waals surface area contributed by atoms with Gasteiger partial charge in [0.05, 0.1) is 10.4 Å². The molecule has 2 aromatic heterocycles. The molecule has 2 aromatic rings. The zero-order valence-electron chi connectivity index (χ0n) is 20.3. The number of nitrogens with zero attached hydrogens (tertiary/aromatic N) is 5. The second kappa shape index (κ2) is 11.2. The SMILES string of the molecule is CC(Oc1ccc(Cl)cn1)C1CN(C(=O)C2CCN(c3ncccn3)CC2)CC1C1=CCC(Cl)C=C1. The molecule has 1 amide bonds. The number of aromatic nitrogens is 3. The van der Waals surface area contributed by atoms with Crippen molar-refractivity contribution in [2.24, 2.45) is 17.8 Å². The van der Waals surface area contributed by atoms with Crippen LogP contribution in [0.5, 0.6) is 5.88 Å². The number of hydrogen-bond acceptors (Lipinski definition) is 6. The van der Waals surface area contributed by atoms with E-state index in [1.807, 2.05) is 17.0 Å². The number of allylic oxidation sites excluding steroid dienone is 3. The van der Waals surface area contributed by atoms with Crippen LogP contribution in [0.15, 0.2) is 60.6 Å². The van der Waals surface area contributed by atoms with E-state index in [1.165, 1.54) is 5.57 Å². The summed E-state index contributed by atoms with van der Waals surface area (Å²) in [6, 6.07) is 5.38. The molecular formula is C27H31Cl2N5O2. The molecule has 9 heteroatoms. The Morgan fingerprint density at radius 2 is 1.92 bits per heavy atom. The maximum Gasteiger partial charge on any atom is 0.225 e. The van der Waals surface area contributed by atoms with Gasteiger partial charge in [0.2, 0.25) is 17.7 Å². The molecule has 7 nitrogen and oxygen atoms in total. The fourth-order valence-electron chi connectivity index (χ4n) is 5.47. The van der Waals surface area contributed by atoms with Crippen molar-refractivity contribution in [3.63, 3.8) is 0 Å². The molecule has 0 saturated carbocycles. The summed E-state index contributed by atoms with van der Waals surface area (Å²) in [6.07, 6.45) is 13.8. The number of likely N-dealkylation sites (tertiary alicyclic amines) is 1. The maximum atomic E-state index is 13.6. The van der Waals surface area contributed by atoms with Gasteiger partial charge in [-0.25, -0.2) is 15.0 Å². The van der Waals surface area contributed by atoms with Gasteiger partial charge in [-0.15, -0.1) is 11.6 Å². The average molecular weight is 528 g/mol. The molecule has 2 fully saturated rings. The number of anilines is 1. The standard InChI is InChI=1S/C27H31Cl2N5O2/c1-18(36-25-8-7-22(29)15-32-25)23-16-34(17-24(23)19-3-5-21(28)6-4-19)26(35)20-9-13-33(14-10-20)27-30-11-2-12-31-27/h2-5,7-8,11-12,15,18,20-21,23-24H,6,9-10,13-14,16-17H2,1H3. The highest BCUT2D eigenvalue weighted by atomic mass is 35.5. The van der Waals surface area contributed by atoms with Crippen LogP contribution in [0.25, 0.3) is 0 Å². The number of hydrogen-bond donors (Lipinski definition) is 0. The molecule has 4 unspecified atom stereocenters. The van der Waals surface area contributed by atoms with Gasteiger partial charge in [-0.1, -0.05) is 29.8 Å². The summed E-state index contributed by atoms with van der Waals surface area (Å²) in [5, 5.41) is 0.598. The minimum absolute atomic E-state index is 0.0154. The number of carbonyl (C=O) groups excluding carboxylic acids is 1. The van der Waals surface area contributed by atoms with Crippen LogP contribution in [0, 0.1) is 17.8 Å². The van der Waals surface area contributed by atoms with Crippen LogP contribution >= 0.6 is 23.2 Å². The summed E-state index contributed by atoms with van der Waals surface area (Å²) in [5.41, 5.74) is 1.24. The number of pyridine rings is 1. The van der Waals surface area contributed by atoms with Crippen LogP contribution in [0.3, 0.4) is 0 Å². The Hall–Kier alpha value is -2.64. The van der Waals surface area contributed by atoms with Crippen molar-refractivity contribution in [2.75, 3.05) is 31.1 Å². The molecule has 3 aliphatic rings. The summed E-state index contributed by atoms with van der Waals surface area (Å²) >= 11 is 12.3. The van der Waals surface area contributed by atoms with Gasteiger partial charge < -0.3 is 14.5 Å². The van der Waals surface area contributed by atoms with E-state index < -0.39 is 0 Å². The lowest BCUT2D eigenvalue weighted by Gasteiger charge is -2.33. The van der Waals surface area contributed by atoms with Crippen molar-refractivity contribution >= 4 is 35.1 Å². The van der Waals surface area contributed by atoms with Crippen LogP contribution in [-0.4, -0.2) is 63.4 Å². The Balaban J connectivity index is 1.27. The molecule has 5 rings (SSSR count). The fraction of sp³-hybridized carbons (Fsp3) is 0.481. The van der Waals surface area contributed by atoms with E-state index in [-0.39, 0.29) is 35.1 Å². The van der Waals surface area contributed by atoms with Crippen LogP contribution in [-0.2, 0) is 4.79 Å². The van der Waals surface area contributed by atoms with Crippen LogP contribution in [0.2, 0.25) is 5.02 Å². The molecule has 2 aliphatic heterocycles. The van der Waals surface area contributed by atoms with Gasteiger partial charge >= 0.3 is 0 Å². The minimum Gasteiger partial charge on any atom is -0.474 e. The molecule has 1 aliphatic carbocycles. The van der Waals surface area contributed by atoms with Gasteiger partial charge in [-0.05, 0) is 43.9 Å². The normalized spacial score (nSPS) is 25.5. The molecule has 4 heterocycles. The second-order valence-electron chi connectivity index (χ2n) is 9.78. The topological polar surface area (TPSA) is 71.5 Å². The number of amides is 1. The Bertz CT molecular complexity index is 1100. The summed E-state index contributed by atoms with van der Waals surface area (Å²) in [5.74, 6) is 1.87. The van der Waals surface area contributed by atoms with Gasteiger partial charge in [0.1, 0.15) is 6.10 Å². The van der Waals surface area contributed by atoms with Gasteiger partial charge in [-0.2, -0.15) is 0 Å². The number of carbonyl (C=O) groups is 1. The van der Waals surface area contributed by atoms with Gasteiger partial charge in [0.15, 0.2) is 0 Å². The zero-order chi connectivity index (χ0) is 25.1. The smallest absolute Gasteiger partial charge is 0.225 e. The third-order valence-corrected chi connectivity index (χ3v) is 8.02. The molecule has 4 atom stereocenters. The van der Waals surface area contributed by atoms with E-state index in [0.29, 0.717) is 24.0 Å². The van der Waals surface area contributed by atoms with E-state index >= 15 is 0 Å². The summed E-state index contributed by atoms with van der Waals surface area (Å²) in [4.78, 5) is 30.9. The first kappa shape index (κ1) is 25.0. The maximum absolute atomic E-state index is 13.6. The largest absolute Gasteiger partial charge is 0.474 e. The lowest BCUT2D eigenvalue weighted by molar-refractivity contribution is -0.135. The van der Waals surface area contributed by atoms with Crippen LogP contribution in [0.4, 0.5) is 5.95 Å². The first-order valence-corrected chi connectivity index (χ1v) is 13.4. The number of piperidine rings is 1. The molecule has 0 N–H and O–H groups in total. The predicted molar refractivity (Wildman–Crippen MR) is 141 cm³/mol. The lowest BCUT2D eigenvalue weighted by atomic mass is 9.83. The van der Waals surface area contributed by atoms with Gasteiger partial charge in [0.25, 0.3) is 0 Å². The molecule has 36 heavy (non-hydrogen) atoms. The van der Waals surface area contributed by atoms with E-state index in [9.17, 15) is 4.79 Å². The highest BCUT2D eigenvalue weighted by molar-refractivity contribution is 6.30. The number of halogens is 2. The van der Waals surface area contributed by atoms with E-state index in [1.54, 1.807) is 30.7 Å². The van der Waals surface area contributed by atoms with Crippen LogP contribution in [0.1, 0.15) is 26.2 Å². The van der Waals surface area contributed by atoms with Crippen molar-refractivity contribution in [3.8, 4) is 5.88 Å². The molecule has 2 saturated heterocycles. The molecular weight excluding hydrogens is 497 g/mol. The highest BCUT2D eigenvalue weighted by Crippen LogP contribution is 2.37. The molecule has 0 aromatic carbocycles. The second-order valence-corrected chi connectivity index (χ2v) is 10.8.